The van der Waals surface area contributed by atoms with Crippen LogP contribution in [0.2, 0.25) is 5.02 Å². The number of aromatic nitrogens is 2. The number of rotatable bonds is 6. The standard InChI is InChI=1S/C19H17ClN4O2/c1-2-26-17-9-7-15(8-10-17)23-18(25)13-11-21-19(22-12-13)24-16-5-3-14(20)4-6-16/h3-12H,2H2,1H3,(H,23,25)(H,21,22,24). The van der Waals surface area contributed by atoms with Crippen LogP contribution in [-0.2, 0) is 0 Å². The van der Waals surface area contributed by atoms with Crippen LogP contribution in [0.25, 0.3) is 0 Å². The molecular weight excluding hydrogens is 352 g/mol. The Kier molecular flexibility index (Phi) is 5.66. The lowest BCUT2D eigenvalue weighted by Gasteiger charge is -2.08. The number of hydrogen-bond donors (Lipinski definition) is 2. The minimum atomic E-state index is -0.285. The third-order valence-electron chi connectivity index (χ3n) is 3.44. The zero-order valence-electron chi connectivity index (χ0n) is 14.1. The molecule has 0 saturated heterocycles. The molecule has 0 aliphatic heterocycles. The first kappa shape index (κ1) is 17.7. The summed E-state index contributed by atoms with van der Waals surface area (Å²) in [6, 6.07) is 14.3. The topological polar surface area (TPSA) is 76.1 Å². The van der Waals surface area contributed by atoms with Gasteiger partial charge in [-0.1, -0.05) is 11.6 Å². The Morgan fingerprint density at radius 1 is 1.00 bits per heavy atom. The van der Waals surface area contributed by atoms with Gasteiger partial charge in [0, 0.05) is 28.8 Å². The van der Waals surface area contributed by atoms with E-state index < -0.39 is 0 Å². The maximum atomic E-state index is 12.3. The highest BCUT2D eigenvalue weighted by atomic mass is 35.5. The van der Waals surface area contributed by atoms with E-state index in [0.717, 1.165) is 11.4 Å². The molecule has 26 heavy (non-hydrogen) atoms. The Morgan fingerprint density at radius 2 is 1.62 bits per heavy atom. The van der Waals surface area contributed by atoms with Crippen LogP contribution in [0.15, 0.2) is 60.9 Å². The van der Waals surface area contributed by atoms with Crippen molar-refractivity contribution in [1.82, 2.24) is 9.97 Å². The van der Waals surface area contributed by atoms with Crippen LogP contribution < -0.4 is 15.4 Å². The zero-order valence-corrected chi connectivity index (χ0v) is 14.8. The minimum Gasteiger partial charge on any atom is -0.494 e. The number of anilines is 3. The second-order valence-electron chi connectivity index (χ2n) is 5.34. The van der Waals surface area contributed by atoms with Crippen LogP contribution in [0.4, 0.5) is 17.3 Å². The number of carbonyl (C=O) groups is 1. The molecule has 7 heteroatoms. The van der Waals surface area contributed by atoms with E-state index in [1.165, 1.54) is 12.4 Å². The van der Waals surface area contributed by atoms with Gasteiger partial charge in [-0.25, -0.2) is 9.97 Å². The fourth-order valence-corrected chi connectivity index (χ4v) is 2.30. The number of amides is 1. The van der Waals surface area contributed by atoms with Gasteiger partial charge in [0.05, 0.1) is 12.2 Å². The third kappa shape index (κ3) is 4.70. The van der Waals surface area contributed by atoms with E-state index in [0.29, 0.717) is 28.8 Å². The van der Waals surface area contributed by atoms with Crippen molar-refractivity contribution < 1.29 is 9.53 Å². The van der Waals surface area contributed by atoms with E-state index in [4.69, 9.17) is 16.3 Å². The van der Waals surface area contributed by atoms with E-state index >= 15 is 0 Å². The van der Waals surface area contributed by atoms with Crippen molar-refractivity contribution in [3.8, 4) is 5.75 Å². The molecule has 0 unspecified atom stereocenters. The maximum absolute atomic E-state index is 12.3. The van der Waals surface area contributed by atoms with E-state index in [2.05, 4.69) is 20.6 Å². The number of ether oxygens (including phenoxy) is 1. The molecule has 3 aromatic rings. The molecule has 3 rings (SSSR count). The van der Waals surface area contributed by atoms with Crippen molar-refractivity contribution in [2.75, 3.05) is 17.2 Å². The van der Waals surface area contributed by atoms with Crippen molar-refractivity contribution in [3.63, 3.8) is 0 Å². The predicted molar refractivity (Wildman–Crippen MR) is 102 cm³/mol. The fraction of sp³-hybridized carbons (Fsp3) is 0.105. The molecule has 0 bridgehead atoms. The summed E-state index contributed by atoms with van der Waals surface area (Å²) in [4.78, 5) is 20.6. The maximum Gasteiger partial charge on any atom is 0.258 e. The Hall–Kier alpha value is -3.12. The van der Waals surface area contributed by atoms with E-state index in [9.17, 15) is 4.79 Å². The normalized spacial score (nSPS) is 10.2. The van der Waals surface area contributed by atoms with Gasteiger partial charge in [0.15, 0.2) is 0 Å². The van der Waals surface area contributed by atoms with Gasteiger partial charge in [-0.05, 0) is 55.5 Å². The first-order chi connectivity index (χ1) is 12.6. The van der Waals surface area contributed by atoms with E-state index in [-0.39, 0.29) is 5.91 Å². The highest BCUT2D eigenvalue weighted by Crippen LogP contribution is 2.18. The van der Waals surface area contributed by atoms with Crippen molar-refractivity contribution in [2.24, 2.45) is 0 Å². The average molecular weight is 369 g/mol. The van der Waals surface area contributed by atoms with Crippen molar-refractivity contribution in [1.29, 1.82) is 0 Å². The molecule has 132 valence electrons. The van der Waals surface area contributed by atoms with Crippen molar-refractivity contribution in [3.05, 3.63) is 71.5 Å². The predicted octanol–water partition coefficient (Wildman–Crippen LogP) is 4.52. The first-order valence-corrected chi connectivity index (χ1v) is 8.40. The Bertz CT molecular complexity index is 866. The molecule has 0 fully saturated rings. The Balaban J connectivity index is 1.62. The highest BCUT2D eigenvalue weighted by molar-refractivity contribution is 6.30. The molecule has 0 atom stereocenters. The number of benzene rings is 2. The number of carbonyl (C=O) groups excluding carboxylic acids is 1. The highest BCUT2D eigenvalue weighted by Gasteiger charge is 2.08. The fourth-order valence-electron chi connectivity index (χ4n) is 2.18. The molecular formula is C19H17ClN4O2. The Labute approximate surface area is 156 Å². The van der Waals surface area contributed by atoms with E-state index in [1.807, 2.05) is 19.1 Å². The van der Waals surface area contributed by atoms with Gasteiger partial charge in [0.25, 0.3) is 5.91 Å². The average Bonchev–Trinajstić information content (AvgIpc) is 2.66. The summed E-state index contributed by atoms with van der Waals surface area (Å²) >= 11 is 5.85. The molecule has 1 aromatic heterocycles. The van der Waals surface area contributed by atoms with Crippen LogP contribution in [0.3, 0.4) is 0 Å². The number of nitrogens with zero attached hydrogens (tertiary/aromatic N) is 2. The summed E-state index contributed by atoms with van der Waals surface area (Å²) in [6.45, 7) is 2.51. The molecule has 1 amide bonds. The lowest BCUT2D eigenvalue weighted by Crippen LogP contribution is -2.13. The molecule has 0 saturated carbocycles. The monoisotopic (exact) mass is 368 g/mol. The van der Waals surface area contributed by atoms with Gasteiger partial charge in [0.2, 0.25) is 5.95 Å². The molecule has 0 aliphatic carbocycles. The van der Waals surface area contributed by atoms with Gasteiger partial charge >= 0.3 is 0 Å². The second kappa shape index (κ2) is 8.31. The number of halogens is 1. The van der Waals surface area contributed by atoms with Crippen LogP contribution >= 0.6 is 11.6 Å². The summed E-state index contributed by atoms with van der Waals surface area (Å²) in [5.41, 5.74) is 1.84. The minimum absolute atomic E-state index is 0.285. The molecule has 0 spiro atoms. The summed E-state index contributed by atoms with van der Waals surface area (Å²) in [6.07, 6.45) is 2.93. The van der Waals surface area contributed by atoms with E-state index in [1.54, 1.807) is 36.4 Å². The number of nitrogens with one attached hydrogen (secondary N) is 2. The summed E-state index contributed by atoms with van der Waals surface area (Å²) in [5.74, 6) is 0.864. The molecule has 0 radical (unpaired) electrons. The van der Waals surface area contributed by atoms with Gasteiger partial charge in [-0.15, -0.1) is 0 Å². The summed E-state index contributed by atoms with van der Waals surface area (Å²) in [7, 11) is 0. The lowest BCUT2D eigenvalue weighted by molar-refractivity contribution is 0.102. The van der Waals surface area contributed by atoms with Gasteiger partial charge in [-0.3, -0.25) is 4.79 Å². The summed E-state index contributed by atoms with van der Waals surface area (Å²) < 4.78 is 5.37. The van der Waals surface area contributed by atoms with Crippen LogP contribution in [0.5, 0.6) is 5.75 Å². The summed E-state index contributed by atoms with van der Waals surface area (Å²) in [5, 5.41) is 6.48. The molecule has 2 aromatic carbocycles. The lowest BCUT2D eigenvalue weighted by atomic mass is 10.2. The molecule has 0 aliphatic rings. The van der Waals surface area contributed by atoms with Gasteiger partial charge in [-0.2, -0.15) is 0 Å². The van der Waals surface area contributed by atoms with Crippen molar-refractivity contribution in [2.45, 2.75) is 6.92 Å². The van der Waals surface area contributed by atoms with Crippen molar-refractivity contribution >= 4 is 34.8 Å². The van der Waals surface area contributed by atoms with Gasteiger partial charge < -0.3 is 15.4 Å². The first-order valence-electron chi connectivity index (χ1n) is 8.03. The SMILES string of the molecule is CCOc1ccc(NC(=O)c2cnc(Nc3ccc(Cl)cc3)nc2)cc1. The number of hydrogen-bond acceptors (Lipinski definition) is 5. The van der Waals surface area contributed by atoms with Gasteiger partial charge in [0.1, 0.15) is 5.75 Å². The second-order valence-corrected chi connectivity index (χ2v) is 5.78. The smallest absolute Gasteiger partial charge is 0.258 e. The molecule has 2 N–H and O–H groups in total. The zero-order chi connectivity index (χ0) is 18.4. The Morgan fingerprint density at radius 3 is 2.23 bits per heavy atom. The van der Waals surface area contributed by atoms with Crippen LogP contribution in [0.1, 0.15) is 17.3 Å². The quantitative estimate of drug-likeness (QED) is 0.668. The molecule has 6 nitrogen and oxygen atoms in total. The third-order valence-corrected chi connectivity index (χ3v) is 3.69. The van der Waals surface area contributed by atoms with Crippen LogP contribution in [-0.4, -0.2) is 22.5 Å². The van der Waals surface area contributed by atoms with Crippen LogP contribution in [0, 0.1) is 0 Å². The largest absolute Gasteiger partial charge is 0.494 e. The molecule has 1 heterocycles.